The average molecular weight is 204 g/mol. The van der Waals surface area contributed by atoms with Crippen molar-refractivity contribution in [2.45, 2.75) is 50.9 Å². The molecule has 0 aromatic rings. The quantitative estimate of drug-likeness (QED) is 0.641. The van der Waals surface area contributed by atoms with Gasteiger partial charge in [0.2, 0.25) is 0 Å². The van der Waals surface area contributed by atoms with E-state index in [1.165, 1.54) is 12.8 Å². The van der Waals surface area contributed by atoms with E-state index in [9.17, 15) is 4.21 Å². The highest BCUT2D eigenvalue weighted by Crippen LogP contribution is 2.19. The van der Waals surface area contributed by atoms with Crippen molar-refractivity contribution in [1.29, 1.82) is 0 Å². The zero-order valence-electron chi connectivity index (χ0n) is 8.62. The predicted octanol–water partition coefficient (Wildman–Crippen LogP) is 2.10. The first-order chi connectivity index (χ1) is 6.25. The Hall–Kier alpha value is 0.110. The summed E-state index contributed by atoms with van der Waals surface area (Å²) in [5.74, 6) is 0.867. The van der Waals surface area contributed by atoms with Gasteiger partial charge in [0.1, 0.15) is 0 Å². The van der Waals surface area contributed by atoms with E-state index in [4.69, 9.17) is 4.74 Å². The number of rotatable bonds is 5. The molecule has 1 aliphatic rings. The third kappa shape index (κ3) is 3.39. The third-order valence-electron chi connectivity index (χ3n) is 2.59. The summed E-state index contributed by atoms with van der Waals surface area (Å²) in [5, 5.41) is 0.303. The molecule has 2 nitrogen and oxygen atoms in total. The van der Waals surface area contributed by atoms with E-state index >= 15 is 0 Å². The van der Waals surface area contributed by atoms with Gasteiger partial charge in [-0.05, 0) is 19.8 Å². The smallest absolute Gasteiger partial charge is 0.0691 e. The highest BCUT2D eigenvalue weighted by atomic mass is 32.2. The van der Waals surface area contributed by atoms with E-state index in [0.717, 1.165) is 25.2 Å². The van der Waals surface area contributed by atoms with Crippen molar-refractivity contribution in [2.24, 2.45) is 0 Å². The van der Waals surface area contributed by atoms with Crippen LogP contribution in [0.15, 0.2) is 0 Å². The molecule has 1 fully saturated rings. The molecule has 13 heavy (non-hydrogen) atoms. The number of hydrogen-bond donors (Lipinski definition) is 0. The van der Waals surface area contributed by atoms with Gasteiger partial charge in [0.25, 0.3) is 0 Å². The Morgan fingerprint density at radius 2 is 2.23 bits per heavy atom. The Bertz CT molecular complexity index is 170. The molecule has 0 aromatic heterocycles. The summed E-state index contributed by atoms with van der Waals surface area (Å²) in [6.07, 6.45) is 4.70. The van der Waals surface area contributed by atoms with Crippen LogP contribution in [0.4, 0.5) is 0 Å². The summed E-state index contributed by atoms with van der Waals surface area (Å²) in [5.41, 5.74) is 0. The van der Waals surface area contributed by atoms with E-state index in [0.29, 0.717) is 5.25 Å². The van der Waals surface area contributed by atoms with Crippen molar-refractivity contribution in [2.75, 3.05) is 12.4 Å². The first-order valence-corrected chi connectivity index (χ1v) is 6.62. The minimum absolute atomic E-state index is 0.211. The topological polar surface area (TPSA) is 26.3 Å². The fourth-order valence-corrected chi connectivity index (χ4v) is 3.36. The van der Waals surface area contributed by atoms with Crippen LogP contribution in [0.5, 0.6) is 0 Å². The van der Waals surface area contributed by atoms with Gasteiger partial charge in [-0.2, -0.15) is 0 Å². The van der Waals surface area contributed by atoms with E-state index in [-0.39, 0.29) is 6.10 Å². The minimum atomic E-state index is -0.652. The summed E-state index contributed by atoms with van der Waals surface area (Å²) >= 11 is 0. The molecule has 0 spiro atoms. The molecule has 0 radical (unpaired) electrons. The lowest BCUT2D eigenvalue weighted by Crippen LogP contribution is -2.24. The van der Waals surface area contributed by atoms with Gasteiger partial charge in [-0.1, -0.05) is 19.8 Å². The van der Waals surface area contributed by atoms with E-state index in [1.807, 2.05) is 6.92 Å². The molecule has 0 bridgehead atoms. The molecule has 0 unspecified atom stereocenters. The van der Waals surface area contributed by atoms with Crippen LogP contribution in [0.25, 0.3) is 0 Å². The van der Waals surface area contributed by atoms with Crippen molar-refractivity contribution in [3.8, 4) is 0 Å². The van der Waals surface area contributed by atoms with Crippen molar-refractivity contribution in [3.63, 3.8) is 0 Å². The van der Waals surface area contributed by atoms with Gasteiger partial charge in [0.05, 0.1) is 11.4 Å². The van der Waals surface area contributed by atoms with Crippen LogP contribution in [0.3, 0.4) is 0 Å². The van der Waals surface area contributed by atoms with Crippen LogP contribution in [0.1, 0.15) is 39.5 Å². The first kappa shape index (κ1) is 11.2. The molecule has 1 rings (SSSR count). The first-order valence-electron chi connectivity index (χ1n) is 5.24. The maximum Gasteiger partial charge on any atom is 0.0691 e. The standard InChI is InChI=1S/C10H20O2S/c1-3-4-5-8-13(11)10-6-7-12-9(10)2/h9-10H,3-8H2,1-2H3/t9-,10+,13-/m0/s1. The van der Waals surface area contributed by atoms with Gasteiger partial charge >= 0.3 is 0 Å². The molecule has 3 atom stereocenters. The molecule has 0 saturated carbocycles. The normalized spacial score (nSPS) is 30.6. The highest BCUT2D eigenvalue weighted by Gasteiger charge is 2.28. The fraction of sp³-hybridized carbons (Fsp3) is 1.00. The molecule has 0 N–H and O–H groups in total. The molecule has 0 amide bonds. The number of ether oxygens (including phenoxy) is 1. The molecular weight excluding hydrogens is 184 g/mol. The van der Waals surface area contributed by atoms with Crippen LogP contribution in [0.2, 0.25) is 0 Å². The molecule has 1 heterocycles. The lowest BCUT2D eigenvalue weighted by molar-refractivity contribution is 0.127. The second-order valence-corrected chi connectivity index (χ2v) is 5.47. The van der Waals surface area contributed by atoms with Crippen molar-refractivity contribution < 1.29 is 8.95 Å². The van der Waals surface area contributed by atoms with E-state index in [1.54, 1.807) is 0 Å². The monoisotopic (exact) mass is 204 g/mol. The summed E-state index contributed by atoms with van der Waals surface area (Å²) in [6, 6.07) is 0. The Labute approximate surface area is 83.5 Å². The van der Waals surface area contributed by atoms with Crippen LogP contribution < -0.4 is 0 Å². The SMILES string of the molecule is CCCCC[S@](=O)[C@@H]1CCO[C@H]1C. The second kappa shape index (κ2) is 5.76. The van der Waals surface area contributed by atoms with Gasteiger partial charge in [-0.15, -0.1) is 0 Å². The number of unbranched alkanes of at least 4 members (excludes halogenated alkanes) is 2. The van der Waals surface area contributed by atoms with Crippen molar-refractivity contribution >= 4 is 10.8 Å². The largest absolute Gasteiger partial charge is 0.377 e. The van der Waals surface area contributed by atoms with Gasteiger partial charge < -0.3 is 4.74 Å². The maximum absolute atomic E-state index is 11.8. The van der Waals surface area contributed by atoms with Gasteiger partial charge in [0, 0.05) is 23.2 Å². The lowest BCUT2D eigenvalue weighted by atomic mass is 10.3. The molecular formula is C10H20O2S. The Morgan fingerprint density at radius 1 is 1.46 bits per heavy atom. The Balaban J connectivity index is 2.22. The van der Waals surface area contributed by atoms with E-state index < -0.39 is 10.8 Å². The lowest BCUT2D eigenvalue weighted by Gasteiger charge is -2.13. The Morgan fingerprint density at radius 3 is 2.77 bits per heavy atom. The molecule has 0 aromatic carbocycles. The molecule has 0 aliphatic carbocycles. The maximum atomic E-state index is 11.8. The summed E-state index contributed by atoms with van der Waals surface area (Å²) in [7, 11) is -0.652. The van der Waals surface area contributed by atoms with Crippen LogP contribution >= 0.6 is 0 Å². The van der Waals surface area contributed by atoms with Gasteiger partial charge in [-0.3, -0.25) is 4.21 Å². The van der Waals surface area contributed by atoms with E-state index in [2.05, 4.69) is 6.92 Å². The predicted molar refractivity (Wildman–Crippen MR) is 56.4 cm³/mol. The summed E-state index contributed by atoms with van der Waals surface area (Å²) < 4.78 is 17.2. The van der Waals surface area contributed by atoms with Crippen molar-refractivity contribution in [1.82, 2.24) is 0 Å². The zero-order chi connectivity index (χ0) is 9.68. The van der Waals surface area contributed by atoms with Gasteiger partial charge in [-0.25, -0.2) is 0 Å². The second-order valence-electron chi connectivity index (χ2n) is 3.70. The third-order valence-corrected chi connectivity index (χ3v) is 4.58. The Kier molecular flexibility index (Phi) is 4.96. The van der Waals surface area contributed by atoms with Gasteiger partial charge in [0.15, 0.2) is 0 Å². The minimum Gasteiger partial charge on any atom is -0.377 e. The summed E-state index contributed by atoms with van der Waals surface area (Å²) in [4.78, 5) is 0. The average Bonchev–Trinajstić information content (AvgIpc) is 2.52. The number of hydrogen-bond acceptors (Lipinski definition) is 2. The zero-order valence-corrected chi connectivity index (χ0v) is 9.44. The molecule has 1 saturated heterocycles. The van der Waals surface area contributed by atoms with Crippen molar-refractivity contribution in [3.05, 3.63) is 0 Å². The molecule has 1 aliphatic heterocycles. The molecule has 78 valence electrons. The van der Waals surface area contributed by atoms with Crippen LogP contribution in [-0.4, -0.2) is 27.9 Å². The summed E-state index contributed by atoms with van der Waals surface area (Å²) in [6.45, 7) is 5.00. The van der Waals surface area contributed by atoms with Crippen LogP contribution in [0, 0.1) is 0 Å². The highest BCUT2D eigenvalue weighted by molar-refractivity contribution is 7.85. The van der Waals surface area contributed by atoms with Crippen LogP contribution in [-0.2, 0) is 15.5 Å². The molecule has 3 heteroatoms. The fourth-order valence-electron chi connectivity index (χ4n) is 1.70.